The molecule has 0 radical (unpaired) electrons. The lowest BCUT2D eigenvalue weighted by Crippen LogP contribution is -2.02. The molecule has 0 amide bonds. The van der Waals surface area contributed by atoms with E-state index in [0.29, 0.717) is 5.56 Å². The smallest absolute Gasteiger partial charge is 0.279 e. The fourth-order valence-electron chi connectivity index (χ4n) is 1.50. The van der Waals surface area contributed by atoms with Crippen molar-refractivity contribution < 1.29 is 13.2 Å². The number of nitrogens with one attached hydrogen (secondary N) is 1. The summed E-state index contributed by atoms with van der Waals surface area (Å²) in [6, 6.07) is 7.13. The highest BCUT2D eigenvalue weighted by Crippen LogP contribution is 2.17. The molecule has 0 bridgehead atoms. The molecule has 6 heteroatoms. The van der Waals surface area contributed by atoms with E-state index >= 15 is 0 Å². The Balaban J connectivity index is 2.27. The van der Waals surface area contributed by atoms with E-state index in [9.17, 15) is 13.2 Å². The molecule has 17 heavy (non-hydrogen) atoms. The van der Waals surface area contributed by atoms with Crippen LogP contribution in [0.15, 0.2) is 30.3 Å². The van der Waals surface area contributed by atoms with Gasteiger partial charge in [-0.1, -0.05) is 24.4 Å². The van der Waals surface area contributed by atoms with E-state index in [2.05, 4.69) is 5.10 Å². The number of alkyl halides is 2. The Kier molecular flexibility index (Phi) is 3.33. The molecule has 0 spiro atoms. The molecular formula is C11H9F3N2S. The first-order chi connectivity index (χ1) is 8.06. The number of aromatic nitrogens is 2. The summed E-state index contributed by atoms with van der Waals surface area (Å²) in [7, 11) is 0. The lowest BCUT2D eigenvalue weighted by molar-refractivity contribution is 0.145. The molecule has 2 nitrogen and oxygen atoms in total. The van der Waals surface area contributed by atoms with Crippen LogP contribution < -0.4 is 0 Å². The fourth-order valence-corrected chi connectivity index (χ4v) is 1.74. The van der Waals surface area contributed by atoms with E-state index in [4.69, 9.17) is 12.2 Å². The van der Waals surface area contributed by atoms with Gasteiger partial charge in [-0.2, -0.15) is 0 Å². The van der Waals surface area contributed by atoms with Crippen LogP contribution in [0.3, 0.4) is 0 Å². The largest absolute Gasteiger partial charge is 0.296 e. The first kappa shape index (κ1) is 11.9. The highest BCUT2D eigenvalue weighted by atomic mass is 32.1. The monoisotopic (exact) mass is 258 g/mol. The van der Waals surface area contributed by atoms with Gasteiger partial charge in [0, 0.05) is 6.07 Å². The molecule has 0 atom stereocenters. The van der Waals surface area contributed by atoms with E-state index in [-0.39, 0.29) is 22.7 Å². The SMILES string of the molecule is Fc1cccc(Cn2[nH]c(C(F)F)cc2=S)c1. The number of hydrogen-bond donors (Lipinski definition) is 1. The summed E-state index contributed by atoms with van der Waals surface area (Å²) < 4.78 is 39.4. The van der Waals surface area contributed by atoms with Crippen LogP contribution in [0.25, 0.3) is 0 Å². The highest BCUT2D eigenvalue weighted by Gasteiger charge is 2.10. The van der Waals surface area contributed by atoms with Gasteiger partial charge in [0.1, 0.15) is 16.2 Å². The summed E-state index contributed by atoms with van der Waals surface area (Å²) in [5.41, 5.74) is 0.426. The molecule has 2 rings (SSSR count). The quantitative estimate of drug-likeness (QED) is 0.833. The lowest BCUT2D eigenvalue weighted by Gasteiger charge is -2.03. The zero-order chi connectivity index (χ0) is 12.4. The van der Waals surface area contributed by atoms with Crippen molar-refractivity contribution >= 4 is 12.2 Å². The van der Waals surface area contributed by atoms with Gasteiger partial charge in [0.15, 0.2) is 0 Å². The molecular weight excluding hydrogens is 249 g/mol. The van der Waals surface area contributed by atoms with Crippen molar-refractivity contribution in [1.82, 2.24) is 9.78 Å². The molecule has 90 valence electrons. The highest BCUT2D eigenvalue weighted by molar-refractivity contribution is 7.71. The number of aromatic amines is 1. The molecule has 0 unspecified atom stereocenters. The lowest BCUT2D eigenvalue weighted by atomic mass is 10.2. The molecule has 0 fully saturated rings. The van der Waals surface area contributed by atoms with Crippen LogP contribution in [0.5, 0.6) is 0 Å². The van der Waals surface area contributed by atoms with Crippen LogP contribution >= 0.6 is 12.2 Å². The first-order valence-corrected chi connectivity index (χ1v) is 5.29. The zero-order valence-electron chi connectivity index (χ0n) is 8.66. The molecule has 1 N–H and O–H groups in total. The number of nitrogens with zero attached hydrogens (tertiary/aromatic N) is 1. The van der Waals surface area contributed by atoms with Crippen LogP contribution in [0, 0.1) is 10.5 Å². The van der Waals surface area contributed by atoms with Crippen LogP contribution in [0.1, 0.15) is 17.7 Å². The van der Waals surface area contributed by atoms with Gasteiger partial charge in [-0.05, 0) is 17.7 Å². The normalized spacial score (nSPS) is 11.1. The van der Waals surface area contributed by atoms with Gasteiger partial charge in [0.25, 0.3) is 6.43 Å². The van der Waals surface area contributed by atoms with Gasteiger partial charge in [0.2, 0.25) is 0 Å². The van der Waals surface area contributed by atoms with Gasteiger partial charge in [-0.25, -0.2) is 13.2 Å². The third-order valence-electron chi connectivity index (χ3n) is 2.27. The maximum absolute atomic E-state index is 12.9. The van der Waals surface area contributed by atoms with Gasteiger partial charge in [-0.15, -0.1) is 0 Å². The van der Waals surface area contributed by atoms with Gasteiger partial charge >= 0.3 is 0 Å². The van der Waals surface area contributed by atoms with Crippen LogP contribution in [0.2, 0.25) is 0 Å². The molecule has 0 aliphatic carbocycles. The standard InChI is InChI=1S/C11H9F3N2S/c12-8-3-1-2-7(4-8)6-16-10(17)5-9(15-16)11(13)14/h1-5,11,15H,6H2. The Morgan fingerprint density at radius 2 is 2.06 bits per heavy atom. The van der Waals surface area contributed by atoms with Crippen molar-refractivity contribution in [1.29, 1.82) is 0 Å². The topological polar surface area (TPSA) is 20.7 Å². The second kappa shape index (κ2) is 4.75. The Morgan fingerprint density at radius 1 is 1.29 bits per heavy atom. The minimum absolute atomic E-state index is 0.230. The van der Waals surface area contributed by atoms with Crippen LogP contribution in [0.4, 0.5) is 13.2 Å². The number of halogens is 3. The Bertz CT molecular complexity index is 574. The van der Waals surface area contributed by atoms with E-state index in [0.717, 1.165) is 0 Å². The zero-order valence-corrected chi connectivity index (χ0v) is 9.48. The first-order valence-electron chi connectivity index (χ1n) is 4.88. The summed E-state index contributed by atoms with van der Waals surface area (Å²) in [5.74, 6) is -0.366. The predicted octanol–water partition coefficient (Wildman–Crippen LogP) is 3.67. The van der Waals surface area contributed by atoms with Crippen molar-refractivity contribution in [3.63, 3.8) is 0 Å². The third kappa shape index (κ3) is 2.76. The second-order valence-electron chi connectivity index (χ2n) is 3.57. The third-order valence-corrected chi connectivity index (χ3v) is 2.61. The summed E-state index contributed by atoms with van der Waals surface area (Å²) in [6.07, 6.45) is -2.59. The minimum Gasteiger partial charge on any atom is -0.296 e. The molecule has 1 aromatic carbocycles. The average Bonchev–Trinajstić information content (AvgIpc) is 2.61. The van der Waals surface area contributed by atoms with E-state index in [1.807, 2.05) is 0 Å². The predicted molar refractivity (Wildman–Crippen MR) is 60.1 cm³/mol. The van der Waals surface area contributed by atoms with Crippen molar-refractivity contribution in [2.24, 2.45) is 0 Å². The van der Waals surface area contributed by atoms with Crippen molar-refractivity contribution in [3.8, 4) is 0 Å². The Hall–Kier alpha value is -1.56. The number of rotatable bonds is 3. The van der Waals surface area contributed by atoms with Gasteiger partial charge in [-0.3, -0.25) is 9.78 Å². The Morgan fingerprint density at radius 3 is 2.65 bits per heavy atom. The molecule has 0 aliphatic rings. The van der Waals surface area contributed by atoms with Gasteiger partial charge in [0.05, 0.1) is 6.54 Å². The summed E-state index contributed by atoms with van der Waals surface area (Å²) in [6.45, 7) is 0.239. The maximum atomic E-state index is 12.9. The van der Waals surface area contributed by atoms with Crippen LogP contribution in [-0.4, -0.2) is 9.78 Å². The fraction of sp³-hybridized carbons (Fsp3) is 0.182. The molecule has 0 saturated carbocycles. The molecule has 0 aliphatic heterocycles. The number of benzene rings is 1. The minimum atomic E-state index is -2.59. The van der Waals surface area contributed by atoms with E-state index in [1.54, 1.807) is 12.1 Å². The summed E-state index contributed by atoms with van der Waals surface area (Å²) >= 11 is 4.93. The Labute approximate surface area is 101 Å². The van der Waals surface area contributed by atoms with Crippen LogP contribution in [-0.2, 0) is 6.54 Å². The molecule has 1 aromatic heterocycles. The van der Waals surface area contributed by atoms with E-state index in [1.165, 1.54) is 22.9 Å². The maximum Gasteiger partial charge on any atom is 0.279 e. The number of H-pyrrole nitrogens is 1. The molecule has 0 saturated heterocycles. The summed E-state index contributed by atoms with van der Waals surface area (Å²) in [5, 5.41) is 2.49. The van der Waals surface area contributed by atoms with E-state index < -0.39 is 6.43 Å². The summed E-state index contributed by atoms with van der Waals surface area (Å²) in [4.78, 5) is 0. The second-order valence-corrected chi connectivity index (χ2v) is 3.98. The van der Waals surface area contributed by atoms with Crippen molar-refractivity contribution in [2.75, 3.05) is 0 Å². The number of hydrogen-bond acceptors (Lipinski definition) is 1. The van der Waals surface area contributed by atoms with Crippen molar-refractivity contribution in [2.45, 2.75) is 13.0 Å². The molecule has 2 aromatic rings. The van der Waals surface area contributed by atoms with Gasteiger partial charge < -0.3 is 0 Å². The van der Waals surface area contributed by atoms with Crippen molar-refractivity contribution in [3.05, 3.63) is 52.0 Å². The molecule has 1 heterocycles. The average molecular weight is 258 g/mol.